The first-order valence-corrected chi connectivity index (χ1v) is 11.1. The zero-order valence-electron chi connectivity index (χ0n) is 17.0. The van der Waals surface area contributed by atoms with Crippen molar-refractivity contribution in [1.29, 1.82) is 0 Å². The number of nitrogens with zero attached hydrogens (tertiary/aromatic N) is 2. The first kappa shape index (κ1) is 21.2. The van der Waals surface area contributed by atoms with Crippen LogP contribution in [0.2, 0.25) is 5.02 Å². The lowest BCUT2D eigenvalue weighted by Crippen LogP contribution is -2.48. The third kappa shape index (κ3) is 4.84. The van der Waals surface area contributed by atoms with Gasteiger partial charge in [0.05, 0.1) is 22.7 Å². The summed E-state index contributed by atoms with van der Waals surface area (Å²) in [7, 11) is 1.56. The van der Waals surface area contributed by atoms with Crippen LogP contribution in [0.3, 0.4) is 0 Å². The maximum absolute atomic E-state index is 12.5. The summed E-state index contributed by atoms with van der Waals surface area (Å²) in [4.78, 5) is 29.8. The molecule has 4 rings (SSSR count). The maximum atomic E-state index is 12.5. The highest BCUT2D eigenvalue weighted by Gasteiger charge is 2.24. The van der Waals surface area contributed by atoms with Gasteiger partial charge in [-0.1, -0.05) is 23.7 Å². The summed E-state index contributed by atoms with van der Waals surface area (Å²) >= 11 is 7.99. The van der Waals surface area contributed by atoms with Crippen LogP contribution in [0.5, 0.6) is 5.75 Å². The van der Waals surface area contributed by atoms with E-state index >= 15 is 0 Å². The van der Waals surface area contributed by atoms with Crippen LogP contribution in [-0.4, -0.2) is 50.0 Å². The molecule has 8 heteroatoms. The van der Waals surface area contributed by atoms with Crippen molar-refractivity contribution in [2.75, 3.05) is 43.5 Å². The molecule has 31 heavy (non-hydrogen) atoms. The van der Waals surface area contributed by atoms with Gasteiger partial charge in [-0.3, -0.25) is 9.59 Å². The number of ether oxygens (including phenoxy) is 1. The molecule has 0 spiro atoms. The van der Waals surface area contributed by atoms with Gasteiger partial charge >= 0.3 is 0 Å². The second-order valence-electron chi connectivity index (χ2n) is 7.11. The number of methoxy groups -OCH3 is 1. The summed E-state index contributed by atoms with van der Waals surface area (Å²) in [5.74, 6) is 0.470. The molecule has 0 aliphatic carbocycles. The lowest BCUT2D eigenvalue weighted by atomic mass is 10.2. The topological polar surface area (TPSA) is 61.9 Å². The van der Waals surface area contributed by atoms with Gasteiger partial charge in [-0.25, -0.2) is 0 Å². The van der Waals surface area contributed by atoms with Crippen molar-refractivity contribution in [3.8, 4) is 5.75 Å². The molecule has 6 nitrogen and oxygen atoms in total. The van der Waals surface area contributed by atoms with Crippen LogP contribution in [0.25, 0.3) is 0 Å². The van der Waals surface area contributed by atoms with Crippen LogP contribution in [0.1, 0.15) is 20.0 Å². The molecule has 3 aromatic rings. The molecule has 2 amide bonds. The van der Waals surface area contributed by atoms with Crippen LogP contribution >= 0.6 is 22.9 Å². The zero-order valence-corrected chi connectivity index (χ0v) is 18.6. The number of halogens is 1. The Kier molecular flexibility index (Phi) is 6.44. The van der Waals surface area contributed by atoms with E-state index in [1.165, 1.54) is 11.3 Å². The summed E-state index contributed by atoms with van der Waals surface area (Å²) in [5, 5.41) is 5.34. The van der Waals surface area contributed by atoms with Crippen molar-refractivity contribution in [3.05, 3.63) is 75.4 Å². The van der Waals surface area contributed by atoms with Gasteiger partial charge in [-0.15, -0.1) is 11.3 Å². The van der Waals surface area contributed by atoms with E-state index in [4.69, 9.17) is 16.3 Å². The van der Waals surface area contributed by atoms with Gasteiger partial charge in [0, 0.05) is 37.4 Å². The zero-order chi connectivity index (χ0) is 21.8. The number of carbonyl (C=O) groups excluding carboxylic acids is 2. The summed E-state index contributed by atoms with van der Waals surface area (Å²) in [6.45, 7) is 2.68. The molecule has 1 aliphatic heterocycles. The molecular formula is C23H22ClN3O3S. The predicted octanol–water partition coefficient (Wildman–Crippen LogP) is 4.62. The van der Waals surface area contributed by atoms with E-state index in [-0.39, 0.29) is 11.8 Å². The standard InChI is InChI=1S/C23H22ClN3O3S/c1-30-18-5-2-4-16(14-18)22(28)25-17-7-8-20(19(24)15-17)26-9-11-27(12-10-26)23(29)21-6-3-13-31-21/h2-8,13-15H,9-12H2,1H3,(H,25,28). The van der Waals surface area contributed by atoms with Crippen LogP contribution < -0.4 is 15.0 Å². The number of hydrogen-bond donors (Lipinski definition) is 1. The van der Waals surface area contributed by atoms with Gasteiger partial charge in [0.15, 0.2) is 0 Å². The maximum Gasteiger partial charge on any atom is 0.264 e. The minimum absolute atomic E-state index is 0.0800. The minimum Gasteiger partial charge on any atom is -0.497 e. The molecule has 0 radical (unpaired) electrons. The average Bonchev–Trinajstić information content (AvgIpc) is 3.34. The fourth-order valence-electron chi connectivity index (χ4n) is 3.52. The Balaban J connectivity index is 1.39. The number of thiophene rings is 1. The predicted molar refractivity (Wildman–Crippen MR) is 125 cm³/mol. The smallest absolute Gasteiger partial charge is 0.264 e. The normalized spacial score (nSPS) is 13.7. The number of rotatable bonds is 5. The summed E-state index contributed by atoms with van der Waals surface area (Å²) in [6, 6.07) is 16.2. The third-order valence-electron chi connectivity index (χ3n) is 5.18. The SMILES string of the molecule is COc1cccc(C(=O)Nc2ccc(N3CCN(C(=O)c4cccs4)CC3)c(Cl)c2)c1. The van der Waals surface area contributed by atoms with E-state index < -0.39 is 0 Å². The van der Waals surface area contributed by atoms with E-state index in [2.05, 4.69) is 10.2 Å². The fourth-order valence-corrected chi connectivity index (χ4v) is 4.51. The van der Waals surface area contributed by atoms with Gasteiger partial charge < -0.3 is 19.9 Å². The highest BCUT2D eigenvalue weighted by Crippen LogP contribution is 2.30. The molecule has 0 unspecified atom stereocenters. The van der Waals surface area contributed by atoms with Gasteiger partial charge in [-0.2, -0.15) is 0 Å². The molecule has 0 atom stereocenters. The van der Waals surface area contributed by atoms with Crippen LogP contribution in [-0.2, 0) is 0 Å². The molecule has 0 saturated carbocycles. The van der Waals surface area contributed by atoms with E-state index in [9.17, 15) is 9.59 Å². The average molecular weight is 456 g/mol. The Bertz CT molecular complexity index is 1080. The minimum atomic E-state index is -0.233. The van der Waals surface area contributed by atoms with Gasteiger partial charge in [0.2, 0.25) is 0 Å². The van der Waals surface area contributed by atoms with Crippen molar-refractivity contribution >= 4 is 46.1 Å². The summed E-state index contributed by atoms with van der Waals surface area (Å²) < 4.78 is 5.17. The highest BCUT2D eigenvalue weighted by atomic mass is 35.5. The van der Waals surface area contributed by atoms with Crippen LogP contribution in [0, 0.1) is 0 Å². The van der Waals surface area contributed by atoms with Crippen LogP contribution in [0.4, 0.5) is 11.4 Å². The van der Waals surface area contributed by atoms with E-state index in [0.717, 1.165) is 10.6 Å². The Hall–Kier alpha value is -3.03. The number of anilines is 2. The molecule has 160 valence electrons. The lowest BCUT2D eigenvalue weighted by Gasteiger charge is -2.36. The van der Waals surface area contributed by atoms with Gasteiger partial charge in [0.1, 0.15) is 5.75 Å². The second kappa shape index (κ2) is 9.41. The monoisotopic (exact) mass is 455 g/mol. The first-order valence-electron chi connectivity index (χ1n) is 9.88. The quantitative estimate of drug-likeness (QED) is 0.609. The summed E-state index contributed by atoms with van der Waals surface area (Å²) in [5.41, 5.74) is 2.02. The molecule has 1 aromatic heterocycles. The first-order chi connectivity index (χ1) is 15.0. The molecule has 1 N–H and O–H groups in total. The Morgan fingerprint density at radius 3 is 2.52 bits per heavy atom. The molecule has 0 bridgehead atoms. The van der Waals surface area contributed by atoms with Gasteiger partial charge in [0.25, 0.3) is 11.8 Å². The van der Waals surface area contributed by atoms with E-state index in [1.807, 2.05) is 34.5 Å². The van der Waals surface area contributed by atoms with Crippen molar-refractivity contribution in [2.45, 2.75) is 0 Å². The van der Waals surface area contributed by atoms with Crippen molar-refractivity contribution in [3.63, 3.8) is 0 Å². The lowest BCUT2D eigenvalue weighted by molar-refractivity contribution is 0.0751. The molecule has 1 aliphatic rings. The largest absolute Gasteiger partial charge is 0.497 e. The molecule has 1 fully saturated rings. The number of piperazine rings is 1. The summed E-state index contributed by atoms with van der Waals surface area (Å²) in [6.07, 6.45) is 0. The Morgan fingerprint density at radius 1 is 1.03 bits per heavy atom. The van der Waals surface area contributed by atoms with Gasteiger partial charge in [-0.05, 0) is 47.8 Å². The van der Waals surface area contributed by atoms with Crippen LogP contribution in [0.15, 0.2) is 60.0 Å². The number of carbonyl (C=O) groups is 2. The number of benzene rings is 2. The fraction of sp³-hybridized carbons (Fsp3) is 0.217. The van der Waals surface area contributed by atoms with E-state index in [0.29, 0.717) is 48.2 Å². The third-order valence-corrected chi connectivity index (χ3v) is 6.34. The van der Waals surface area contributed by atoms with E-state index in [1.54, 1.807) is 37.4 Å². The second-order valence-corrected chi connectivity index (χ2v) is 8.46. The highest BCUT2D eigenvalue weighted by molar-refractivity contribution is 7.12. The molecular weight excluding hydrogens is 434 g/mol. The number of amides is 2. The number of nitrogens with one attached hydrogen (secondary N) is 1. The Labute approximate surface area is 190 Å². The van der Waals surface area contributed by atoms with Crippen molar-refractivity contribution < 1.29 is 14.3 Å². The Morgan fingerprint density at radius 2 is 1.84 bits per heavy atom. The molecule has 1 saturated heterocycles. The number of hydrogen-bond acceptors (Lipinski definition) is 5. The van der Waals surface area contributed by atoms with Crippen molar-refractivity contribution in [1.82, 2.24) is 4.90 Å². The molecule has 2 aromatic carbocycles. The van der Waals surface area contributed by atoms with Crippen molar-refractivity contribution in [2.24, 2.45) is 0 Å². The molecule has 2 heterocycles.